The smallest absolute Gasteiger partial charge is 0.328 e. The summed E-state index contributed by atoms with van der Waals surface area (Å²) in [5.41, 5.74) is 0.968. The highest BCUT2D eigenvalue weighted by Gasteiger charge is 2.18. The lowest BCUT2D eigenvalue weighted by atomic mass is 10.2. The van der Waals surface area contributed by atoms with E-state index >= 15 is 0 Å². The predicted molar refractivity (Wildman–Crippen MR) is 83.9 cm³/mol. The minimum absolute atomic E-state index is 0.0631. The number of halogens is 1. The number of aromatic amines is 1. The fraction of sp³-hybridized carbons (Fsp3) is 0.154. The van der Waals surface area contributed by atoms with Gasteiger partial charge in [-0.15, -0.1) is 11.3 Å². The number of hydrogen-bond acceptors (Lipinski definition) is 5. The van der Waals surface area contributed by atoms with Crippen molar-refractivity contribution in [3.05, 3.63) is 51.2 Å². The molecule has 0 saturated carbocycles. The van der Waals surface area contributed by atoms with Crippen LogP contribution in [0.2, 0.25) is 0 Å². The number of aromatic nitrogens is 2. The molecule has 0 fully saturated rings. The molecule has 1 unspecified atom stereocenters. The van der Waals surface area contributed by atoms with Crippen LogP contribution in [-0.2, 0) is 14.3 Å². The first-order chi connectivity index (χ1) is 10.5. The van der Waals surface area contributed by atoms with Crippen LogP contribution in [0.3, 0.4) is 0 Å². The quantitative estimate of drug-likeness (QED) is 0.678. The largest absolute Gasteiger partial charge is 0.478 e. The lowest BCUT2D eigenvalue weighted by molar-refractivity contribution is -0.134. The molecule has 0 saturated heterocycles. The molecule has 2 rings (SSSR count). The maximum atomic E-state index is 9.55. The zero-order valence-electron chi connectivity index (χ0n) is 11.4. The fourth-order valence-corrected chi connectivity index (χ4v) is 3.09. The number of hydrogen-bond donors (Lipinski definition) is 3. The third kappa shape index (κ3) is 5.80. The monoisotopic (exact) mass is 388 g/mol. The molecule has 0 aliphatic heterocycles. The number of nitrogens with one attached hydrogen (secondary N) is 1. The number of ether oxygens (including phenoxy) is 1. The van der Waals surface area contributed by atoms with Crippen molar-refractivity contribution in [2.75, 3.05) is 7.11 Å². The molecule has 0 bridgehead atoms. The number of rotatable bonds is 5. The molecule has 2 aromatic rings. The molecule has 7 nitrogen and oxygen atoms in total. The number of H-pyrrole nitrogens is 1. The van der Waals surface area contributed by atoms with Gasteiger partial charge in [0.1, 0.15) is 6.10 Å². The molecule has 0 amide bonds. The SMILES string of the molecule is COC(c1cnc[nH]1)c1sccc1Br.O=C(O)/C=C/C(=O)O. The van der Waals surface area contributed by atoms with E-state index in [9.17, 15) is 9.59 Å². The first-order valence-electron chi connectivity index (χ1n) is 5.83. The summed E-state index contributed by atoms with van der Waals surface area (Å²) in [6.07, 6.45) is 4.49. The molecular weight excluding hydrogens is 376 g/mol. The Morgan fingerprint density at radius 1 is 1.41 bits per heavy atom. The van der Waals surface area contributed by atoms with Crippen molar-refractivity contribution in [2.45, 2.75) is 6.10 Å². The van der Waals surface area contributed by atoms with E-state index in [0.717, 1.165) is 15.0 Å². The van der Waals surface area contributed by atoms with Crippen LogP contribution in [0.5, 0.6) is 0 Å². The van der Waals surface area contributed by atoms with Gasteiger partial charge in [-0.1, -0.05) is 0 Å². The Hall–Kier alpha value is -1.97. The second-order valence-electron chi connectivity index (χ2n) is 3.77. The number of aliphatic carboxylic acids is 2. The van der Waals surface area contributed by atoms with E-state index < -0.39 is 11.9 Å². The van der Waals surface area contributed by atoms with Gasteiger partial charge in [0.2, 0.25) is 0 Å². The maximum Gasteiger partial charge on any atom is 0.328 e. The maximum absolute atomic E-state index is 9.55. The summed E-state index contributed by atoms with van der Waals surface area (Å²) in [6.45, 7) is 0. The van der Waals surface area contributed by atoms with E-state index in [1.807, 2.05) is 11.4 Å². The van der Waals surface area contributed by atoms with Crippen molar-refractivity contribution in [1.29, 1.82) is 0 Å². The average Bonchev–Trinajstić information content (AvgIpc) is 3.11. The molecule has 0 spiro atoms. The minimum Gasteiger partial charge on any atom is -0.478 e. The van der Waals surface area contributed by atoms with Gasteiger partial charge in [0.15, 0.2) is 0 Å². The lowest BCUT2D eigenvalue weighted by Crippen LogP contribution is -2.02. The molecule has 9 heteroatoms. The number of carbonyl (C=O) groups is 2. The Balaban J connectivity index is 0.000000261. The van der Waals surface area contributed by atoms with Gasteiger partial charge >= 0.3 is 11.9 Å². The highest BCUT2D eigenvalue weighted by molar-refractivity contribution is 9.10. The van der Waals surface area contributed by atoms with Crippen molar-refractivity contribution in [3.8, 4) is 0 Å². The van der Waals surface area contributed by atoms with Crippen LogP contribution in [0.15, 0.2) is 40.6 Å². The van der Waals surface area contributed by atoms with Crippen LogP contribution in [-0.4, -0.2) is 39.2 Å². The molecular formula is C13H13BrN2O5S. The van der Waals surface area contributed by atoms with Gasteiger partial charge in [-0.3, -0.25) is 0 Å². The summed E-state index contributed by atoms with van der Waals surface area (Å²) < 4.78 is 6.50. The Bertz CT molecular complexity index is 623. The average molecular weight is 389 g/mol. The van der Waals surface area contributed by atoms with E-state index in [1.54, 1.807) is 31.0 Å². The second-order valence-corrected chi connectivity index (χ2v) is 5.57. The standard InChI is InChI=1S/C9H9BrN2OS.C4H4O4/c1-13-8(7-4-11-5-12-7)9-6(10)2-3-14-9;5-3(6)1-2-4(7)8/h2-5,8H,1H3,(H,11,12);1-2H,(H,5,6)(H,7,8)/b;2-1+. The number of thiophene rings is 1. The molecule has 0 aromatic carbocycles. The third-order valence-corrected chi connectivity index (χ3v) is 4.20. The highest BCUT2D eigenvalue weighted by Crippen LogP contribution is 2.34. The Labute approximate surface area is 138 Å². The summed E-state index contributed by atoms with van der Waals surface area (Å²) in [6, 6.07) is 2.02. The van der Waals surface area contributed by atoms with Gasteiger partial charge < -0.3 is 19.9 Å². The van der Waals surface area contributed by atoms with Gasteiger partial charge in [0.05, 0.1) is 23.1 Å². The molecule has 0 aliphatic rings. The Kier molecular flexibility index (Phi) is 7.50. The van der Waals surface area contributed by atoms with Gasteiger partial charge in [-0.05, 0) is 27.4 Å². The zero-order chi connectivity index (χ0) is 16.5. The van der Waals surface area contributed by atoms with E-state index in [0.29, 0.717) is 12.2 Å². The van der Waals surface area contributed by atoms with Crippen molar-refractivity contribution in [2.24, 2.45) is 0 Å². The zero-order valence-corrected chi connectivity index (χ0v) is 13.8. The van der Waals surface area contributed by atoms with Crippen LogP contribution in [0.1, 0.15) is 16.7 Å². The topological polar surface area (TPSA) is 113 Å². The van der Waals surface area contributed by atoms with E-state index in [1.165, 1.54) is 0 Å². The van der Waals surface area contributed by atoms with Crippen LogP contribution < -0.4 is 0 Å². The lowest BCUT2D eigenvalue weighted by Gasteiger charge is -2.11. The van der Waals surface area contributed by atoms with E-state index in [2.05, 4.69) is 25.9 Å². The van der Waals surface area contributed by atoms with Crippen LogP contribution in [0.4, 0.5) is 0 Å². The van der Waals surface area contributed by atoms with Gasteiger partial charge in [0.25, 0.3) is 0 Å². The second kappa shape index (κ2) is 9.13. The Morgan fingerprint density at radius 3 is 2.41 bits per heavy atom. The van der Waals surface area contributed by atoms with Gasteiger partial charge in [-0.25, -0.2) is 14.6 Å². The number of carboxylic acids is 2. The highest BCUT2D eigenvalue weighted by atomic mass is 79.9. The van der Waals surface area contributed by atoms with Crippen LogP contribution in [0, 0.1) is 0 Å². The molecule has 2 heterocycles. The Morgan fingerprint density at radius 2 is 2.05 bits per heavy atom. The molecule has 3 N–H and O–H groups in total. The summed E-state index contributed by atoms with van der Waals surface area (Å²) in [4.78, 5) is 27.3. The van der Waals surface area contributed by atoms with E-state index in [4.69, 9.17) is 14.9 Å². The van der Waals surface area contributed by atoms with Crippen molar-refractivity contribution < 1.29 is 24.5 Å². The van der Waals surface area contributed by atoms with Gasteiger partial charge in [-0.2, -0.15) is 0 Å². The summed E-state index contributed by atoms with van der Waals surface area (Å²) >= 11 is 5.15. The summed E-state index contributed by atoms with van der Waals surface area (Å²) in [5, 5.41) is 17.7. The minimum atomic E-state index is -1.26. The fourth-order valence-electron chi connectivity index (χ4n) is 1.42. The first kappa shape index (κ1) is 18.1. The number of methoxy groups -OCH3 is 1. The van der Waals surface area contributed by atoms with Crippen molar-refractivity contribution in [3.63, 3.8) is 0 Å². The predicted octanol–water partition coefficient (Wildman–Crippen LogP) is 2.68. The van der Waals surface area contributed by atoms with Gasteiger partial charge in [0, 0.05) is 23.7 Å². The molecule has 118 valence electrons. The molecule has 0 aliphatic carbocycles. The van der Waals surface area contributed by atoms with Crippen molar-refractivity contribution >= 4 is 39.2 Å². The van der Waals surface area contributed by atoms with Crippen molar-refractivity contribution in [1.82, 2.24) is 9.97 Å². The third-order valence-electron chi connectivity index (χ3n) is 2.29. The molecule has 22 heavy (non-hydrogen) atoms. The summed E-state index contributed by atoms with van der Waals surface area (Å²) in [5.74, 6) is -2.51. The molecule has 2 aromatic heterocycles. The molecule has 1 atom stereocenters. The number of carboxylic acid groups (broad SMARTS) is 2. The number of imidazole rings is 1. The normalized spacial score (nSPS) is 11.7. The summed E-state index contributed by atoms with van der Waals surface area (Å²) in [7, 11) is 1.69. The van der Waals surface area contributed by atoms with E-state index in [-0.39, 0.29) is 6.10 Å². The molecule has 0 radical (unpaired) electrons. The van der Waals surface area contributed by atoms with Crippen LogP contribution in [0.25, 0.3) is 0 Å². The number of nitrogens with zero attached hydrogens (tertiary/aromatic N) is 1. The van der Waals surface area contributed by atoms with Crippen LogP contribution >= 0.6 is 27.3 Å². The first-order valence-corrected chi connectivity index (χ1v) is 7.50.